The number of carbonyl (C=O) groups excluding carboxylic acids is 3. The van der Waals surface area contributed by atoms with Crippen LogP contribution in [0, 0.1) is 11.3 Å². The molecule has 0 radical (unpaired) electrons. The van der Waals surface area contributed by atoms with Crippen molar-refractivity contribution in [3.63, 3.8) is 0 Å². The Morgan fingerprint density at radius 3 is 2.56 bits per heavy atom. The summed E-state index contributed by atoms with van der Waals surface area (Å²) in [5, 5.41) is 10.7. The second-order valence-corrected chi connectivity index (χ2v) is 9.92. The molecule has 2 aliphatic heterocycles. The number of fused-ring (bicyclic) bond motifs is 1. The Labute approximate surface area is 211 Å². The number of hydrogen-bond acceptors (Lipinski definition) is 6. The summed E-state index contributed by atoms with van der Waals surface area (Å²) in [5.74, 6) is -0.661. The lowest BCUT2D eigenvalue weighted by Crippen LogP contribution is -2.41. The zero-order chi connectivity index (χ0) is 25.7. The van der Waals surface area contributed by atoms with E-state index in [9.17, 15) is 14.4 Å². The topological polar surface area (TPSA) is 112 Å². The molecule has 36 heavy (non-hydrogen) atoms. The molecule has 1 fully saturated rings. The SMILES string of the molecule is CCNC(=O)c1ccc(C(=O)OCC(C)Cn2nc(CC)c3c2CC2(CCOCC2)CNC3=O)cc1. The van der Waals surface area contributed by atoms with Gasteiger partial charge in [0, 0.05) is 44.3 Å². The Hall–Kier alpha value is -3.20. The van der Waals surface area contributed by atoms with Gasteiger partial charge in [-0.1, -0.05) is 13.8 Å². The zero-order valence-corrected chi connectivity index (χ0v) is 21.4. The third-order valence-electron chi connectivity index (χ3n) is 7.12. The number of rotatable bonds is 8. The number of aromatic nitrogens is 2. The molecule has 0 bridgehead atoms. The standard InChI is InChI=1S/C27H36N4O5/c1-4-21-23-22(14-27(17-29-25(23)33)10-12-35-13-11-27)31(30-21)15-18(3)16-36-26(34)20-8-6-19(7-9-20)24(32)28-5-2/h6-9,18H,4-5,10-17H2,1-3H3,(H,28,32)(H,29,33). The minimum atomic E-state index is -0.432. The monoisotopic (exact) mass is 496 g/mol. The highest BCUT2D eigenvalue weighted by atomic mass is 16.5. The van der Waals surface area contributed by atoms with Gasteiger partial charge < -0.3 is 20.1 Å². The first-order valence-electron chi connectivity index (χ1n) is 12.9. The van der Waals surface area contributed by atoms with Crippen LogP contribution in [0.5, 0.6) is 0 Å². The molecule has 1 spiro atoms. The van der Waals surface area contributed by atoms with E-state index in [0.717, 1.165) is 30.7 Å². The van der Waals surface area contributed by atoms with Crippen molar-refractivity contribution in [3.8, 4) is 0 Å². The second kappa shape index (κ2) is 11.2. The molecule has 9 heteroatoms. The highest BCUT2D eigenvalue weighted by molar-refractivity contribution is 5.97. The minimum Gasteiger partial charge on any atom is -0.462 e. The van der Waals surface area contributed by atoms with E-state index in [1.165, 1.54) is 0 Å². The van der Waals surface area contributed by atoms with Crippen molar-refractivity contribution in [2.24, 2.45) is 11.3 Å². The first-order valence-corrected chi connectivity index (χ1v) is 12.9. The predicted octanol–water partition coefficient (Wildman–Crippen LogP) is 2.77. The van der Waals surface area contributed by atoms with Gasteiger partial charge >= 0.3 is 5.97 Å². The van der Waals surface area contributed by atoms with Crippen LogP contribution < -0.4 is 10.6 Å². The summed E-state index contributed by atoms with van der Waals surface area (Å²) in [6.45, 7) is 9.24. The van der Waals surface area contributed by atoms with E-state index >= 15 is 0 Å². The smallest absolute Gasteiger partial charge is 0.338 e. The lowest BCUT2D eigenvalue weighted by molar-refractivity contribution is 0.0151. The largest absolute Gasteiger partial charge is 0.462 e. The molecule has 2 amide bonds. The van der Waals surface area contributed by atoms with E-state index in [1.54, 1.807) is 24.3 Å². The minimum absolute atomic E-state index is 0.00536. The van der Waals surface area contributed by atoms with Gasteiger partial charge in [-0.05, 0) is 62.3 Å². The van der Waals surface area contributed by atoms with Crippen molar-refractivity contribution in [1.82, 2.24) is 20.4 Å². The maximum absolute atomic E-state index is 13.0. The van der Waals surface area contributed by atoms with Crippen LogP contribution in [0.2, 0.25) is 0 Å². The highest BCUT2D eigenvalue weighted by Gasteiger charge is 2.39. The molecule has 0 saturated carbocycles. The Balaban J connectivity index is 1.43. The zero-order valence-electron chi connectivity index (χ0n) is 21.4. The van der Waals surface area contributed by atoms with Gasteiger partial charge in [-0.3, -0.25) is 14.3 Å². The average Bonchev–Trinajstić information content (AvgIpc) is 3.15. The van der Waals surface area contributed by atoms with Gasteiger partial charge in [0.15, 0.2) is 0 Å². The summed E-state index contributed by atoms with van der Waals surface area (Å²) in [7, 11) is 0. The highest BCUT2D eigenvalue weighted by Crippen LogP contribution is 2.37. The number of esters is 1. The number of amides is 2. The third kappa shape index (κ3) is 5.61. The molecule has 2 aliphatic rings. The van der Waals surface area contributed by atoms with E-state index in [-0.39, 0.29) is 29.8 Å². The molecule has 2 N–H and O–H groups in total. The van der Waals surface area contributed by atoms with Crippen molar-refractivity contribution in [2.45, 2.75) is 53.0 Å². The molecule has 0 aliphatic carbocycles. The van der Waals surface area contributed by atoms with Gasteiger partial charge in [0.05, 0.1) is 29.1 Å². The van der Waals surface area contributed by atoms with Crippen LogP contribution in [-0.4, -0.2) is 60.5 Å². The fourth-order valence-corrected chi connectivity index (χ4v) is 4.99. The van der Waals surface area contributed by atoms with Crippen LogP contribution in [0.1, 0.15) is 76.1 Å². The maximum atomic E-state index is 13.0. The van der Waals surface area contributed by atoms with Crippen LogP contribution in [0.3, 0.4) is 0 Å². The lowest BCUT2D eigenvalue weighted by Gasteiger charge is -2.36. The number of benzene rings is 1. The van der Waals surface area contributed by atoms with E-state index in [2.05, 4.69) is 10.6 Å². The van der Waals surface area contributed by atoms with Crippen molar-refractivity contribution in [3.05, 3.63) is 52.3 Å². The van der Waals surface area contributed by atoms with Crippen LogP contribution in [-0.2, 0) is 28.9 Å². The summed E-state index contributed by atoms with van der Waals surface area (Å²) < 4.78 is 13.1. The normalized spacial score (nSPS) is 17.6. The fraction of sp³-hybridized carbons (Fsp3) is 0.556. The number of carbonyl (C=O) groups is 3. The predicted molar refractivity (Wildman–Crippen MR) is 134 cm³/mol. The van der Waals surface area contributed by atoms with Crippen molar-refractivity contribution < 1.29 is 23.9 Å². The van der Waals surface area contributed by atoms with Crippen molar-refractivity contribution in [1.29, 1.82) is 0 Å². The van der Waals surface area contributed by atoms with Gasteiger partial charge in [0.2, 0.25) is 0 Å². The summed E-state index contributed by atoms with van der Waals surface area (Å²) in [6, 6.07) is 6.44. The van der Waals surface area contributed by atoms with E-state index in [4.69, 9.17) is 14.6 Å². The van der Waals surface area contributed by atoms with Gasteiger partial charge in [-0.25, -0.2) is 4.79 Å². The quantitative estimate of drug-likeness (QED) is 0.544. The van der Waals surface area contributed by atoms with E-state index in [0.29, 0.717) is 56.0 Å². The Bertz CT molecular complexity index is 1100. The molecule has 3 heterocycles. The molecule has 1 aromatic carbocycles. The summed E-state index contributed by atoms with van der Waals surface area (Å²) in [5.41, 5.74) is 3.37. The Morgan fingerprint density at radius 1 is 1.19 bits per heavy atom. The van der Waals surface area contributed by atoms with Crippen LogP contribution in [0.4, 0.5) is 0 Å². The molecule has 1 atom stereocenters. The third-order valence-corrected chi connectivity index (χ3v) is 7.12. The number of aryl methyl sites for hydroxylation is 1. The molecule has 1 unspecified atom stereocenters. The fourth-order valence-electron chi connectivity index (χ4n) is 4.99. The molecule has 1 saturated heterocycles. The first kappa shape index (κ1) is 25.9. The molecular weight excluding hydrogens is 460 g/mol. The van der Waals surface area contributed by atoms with Gasteiger partial charge in [0.25, 0.3) is 11.8 Å². The van der Waals surface area contributed by atoms with Gasteiger partial charge in [0.1, 0.15) is 0 Å². The first-order chi connectivity index (χ1) is 17.4. The van der Waals surface area contributed by atoms with Gasteiger partial charge in [-0.15, -0.1) is 0 Å². The molecule has 2 aromatic rings. The summed E-state index contributed by atoms with van der Waals surface area (Å²) >= 11 is 0. The van der Waals surface area contributed by atoms with E-state index < -0.39 is 5.97 Å². The van der Waals surface area contributed by atoms with Crippen LogP contribution in [0.15, 0.2) is 24.3 Å². The number of ether oxygens (including phenoxy) is 2. The Kier molecular flexibility index (Phi) is 8.08. The second-order valence-electron chi connectivity index (χ2n) is 9.92. The van der Waals surface area contributed by atoms with Crippen molar-refractivity contribution >= 4 is 17.8 Å². The molecular formula is C27H36N4O5. The van der Waals surface area contributed by atoms with Gasteiger partial charge in [-0.2, -0.15) is 5.10 Å². The number of nitrogens with zero attached hydrogens (tertiary/aromatic N) is 2. The number of hydrogen-bond donors (Lipinski definition) is 2. The lowest BCUT2D eigenvalue weighted by atomic mass is 9.76. The molecule has 1 aromatic heterocycles. The van der Waals surface area contributed by atoms with Crippen LogP contribution >= 0.6 is 0 Å². The maximum Gasteiger partial charge on any atom is 0.338 e. The van der Waals surface area contributed by atoms with Crippen LogP contribution in [0.25, 0.3) is 0 Å². The average molecular weight is 497 g/mol. The summed E-state index contributed by atoms with van der Waals surface area (Å²) in [4.78, 5) is 37.5. The summed E-state index contributed by atoms with van der Waals surface area (Å²) in [6.07, 6.45) is 3.27. The Morgan fingerprint density at radius 2 is 1.89 bits per heavy atom. The number of nitrogens with one attached hydrogen (secondary N) is 2. The van der Waals surface area contributed by atoms with E-state index in [1.807, 2.05) is 25.5 Å². The molecule has 194 valence electrons. The molecule has 4 rings (SSSR count). The molecule has 9 nitrogen and oxygen atoms in total. The van der Waals surface area contributed by atoms with Crippen molar-refractivity contribution in [2.75, 3.05) is 32.9 Å².